The van der Waals surface area contributed by atoms with Crippen molar-refractivity contribution in [2.75, 3.05) is 6.54 Å². The zero-order valence-corrected chi connectivity index (χ0v) is 7.23. The molecule has 64 valence electrons. The van der Waals surface area contributed by atoms with Gasteiger partial charge in [0.2, 0.25) is 0 Å². The van der Waals surface area contributed by atoms with Crippen molar-refractivity contribution in [3.63, 3.8) is 0 Å². The lowest BCUT2D eigenvalue weighted by molar-refractivity contribution is 1.18. The Morgan fingerprint density at radius 2 is 2.54 bits per heavy atom. The average molecular weight is 172 g/mol. The second kappa shape index (κ2) is 4.81. The van der Waals surface area contributed by atoms with E-state index in [1.165, 1.54) is 0 Å². The Morgan fingerprint density at radius 1 is 1.69 bits per heavy atom. The summed E-state index contributed by atoms with van der Waals surface area (Å²) in [6.45, 7) is 2.09. The number of hydrogen-bond donors (Lipinski definition) is 0. The predicted molar refractivity (Wildman–Crippen MR) is 49.9 cm³/mol. The SMILES string of the molecule is Cc1ncccc1C#CCN=[N+]=[N-]. The van der Waals surface area contributed by atoms with Crippen molar-refractivity contribution in [3.8, 4) is 11.8 Å². The van der Waals surface area contributed by atoms with Crippen LogP contribution in [0.25, 0.3) is 10.4 Å². The monoisotopic (exact) mass is 172 g/mol. The van der Waals surface area contributed by atoms with E-state index >= 15 is 0 Å². The highest BCUT2D eigenvalue weighted by Crippen LogP contribution is 2.00. The fourth-order valence-corrected chi connectivity index (χ4v) is 0.818. The smallest absolute Gasteiger partial charge is 0.0880 e. The van der Waals surface area contributed by atoms with Gasteiger partial charge in [-0.3, -0.25) is 4.98 Å². The summed E-state index contributed by atoms with van der Waals surface area (Å²) in [5.74, 6) is 5.60. The minimum Gasteiger partial charge on any atom is -0.260 e. The summed E-state index contributed by atoms with van der Waals surface area (Å²) in [4.78, 5) is 6.67. The Balaban J connectivity index is 2.77. The fourth-order valence-electron chi connectivity index (χ4n) is 0.818. The normalized spacial score (nSPS) is 8.08. The van der Waals surface area contributed by atoms with E-state index in [4.69, 9.17) is 5.53 Å². The quantitative estimate of drug-likeness (QED) is 0.277. The van der Waals surface area contributed by atoms with Crippen molar-refractivity contribution in [3.05, 3.63) is 40.0 Å². The number of hydrogen-bond acceptors (Lipinski definition) is 2. The molecule has 1 aromatic heterocycles. The maximum Gasteiger partial charge on any atom is 0.0880 e. The van der Waals surface area contributed by atoms with E-state index in [1.54, 1.807) is 6.20 Å². The molecule has 4 nitrogen and oxygen atoms in total. The molecule has 0 unspecified atom stereocenters. The van der Waals surface area contributed by atoms with Crippen LogP contribution in [0.2, 0.25) is 0 Å². The van der Waals surface area contributed by atoms with Gasteiger partial charge in [-0.1, -0.05) is 17.0 Å². The summed E-state index contributed by atoms with van der Waals surface area (Å²) in [6.07, 6.45) is 1.72. The Bertz CT molecular complexity index is 394. The average Bonchev–Trinajstić information content (AvgIpc) is 2.15. The second-order valence-electron chi connectivity index (χ2n) is 2.33. The first-order valence-electron chi connectivity index (χ1n) is 3.76. The lowest BCUT2D eigenvalue weighted by Crippen LogP contribution is -1.85. The molecule has 0 saturated carbocycles. The first kappa shape index (κ1) is 9.11. The highest BCUT2D eigenvalue weighted by molar-refractivity contribution is 5.36. The van der Waals surface area contributed by atoms with Crippen molar-refractivity contribution in [2.24, 2.45) is 5.11 Å². The number of nitrogens with zero attached hydrogens (tertiary/aromatic N) is 4. The van der Waals surface area contributed by atoms with Crippen molar-refractivity contribution in [1.29, 1.82) is 0 Å². The van der Waals surface area contributed by atoms with Gasteiger partial charge in [-0.05, 0) is 24.6 Å². The summed E-state index contributed by atoms with van der Waals surface area (Å²) in [5, 5.41) is 3.30. The molecular formula is C9H8N4. The molecule has 13 heavy (non-hydrogen) atoms. The molecule has 0 fully saturated rings. The van der Waals surface area contributed by atoms with E-state index in [-0.39, 0.29) is 6.54 Å². The van der Waals surface area contributed by atoms with Crippen molar-refractivity contribution < 1.29 is 0 Å². The van der Waals surface area contributed by atoms with Gasteiger partial charge in [0.1, 0.15) is 0 Å². The summed E-state index contributed by atoms with van der Waals surface area (Å²) in [7, 11) is 0. The Kier molecular flexibility index (Phi) is 3.37. The molecule has 0 aliphatic carbocycles. The zero-order chi connectivity index (χ0) is 9.52. The minimum absolute atomic E-state index is 0.199. The molecule has 0 bridgehead atoms. The molecular weight excluding hydrogens is 164 g/mol. The largest absolute Gasteiger partial charge is 0.260 e. The standard InChI is InChI=1S/C9H8N4/c1-8-9(4-2-6-11-8)5-3-7-12-13-10/h2,4,6H,7H2,1H3. The van der Waals surface area contributed by atoms with Gasteiger partial charge in [0.15, 0.2) is 0 Å². The fraction of sp³-hybridized carbons (Fsp3) is 0.222. The molecule has 1 heterocycles. The molecule has 0 radical (unpaired) electrons. The third kappa shape index (κ3) is 2.86. The van der Waals surface area contributed by atoms with E-state index < -0.39 is 0 Å². The molecule has 0 N–H and O–H groups in total. The lowest BCUT2D eigenvalue weighted by Gasteiger charge is -1.92. The number of rotatable bonds is 1. The lowest BCUT2D eigenvalue weighted by atomic mass is 10.2. The summed E-state index contributed by atoms with van der Waals surface area (Å²) in [5.41, 5.74) is 9.75. The van der Waals surface area contributed by atoms with Crippen LogP contribution in [0.15, 0.2) is 23.4 Å². The summed E-state index contributed by atoms with van der Waals surface area (Å²) >= 11 is 0. The molecule has 1 aromatic rings. The van der Waals surface area contributed by atoms with Crippen LogP contribution in [0.5, 0.6) is 0 Å². The third-order valence-electron chi connectivity index (χ3n) is 1.44. The van der Waals surface area contributed by atoms with Crippen LogP contribution >= 0.6 is 0 Å². The Labute approximate surface area is 76.2 Å². The van der Waals surface area contributed by atoms with Crippen molar-refractivity contribution in [2.45, 2.75) is 6.92 Å². The van der Waals surface area contributed by atoms with Crippen LogP contribution in [0.3, 0.4) is 0 Å². The van der Waals surface area contributed by atoms with E-state index in [0.717, 1.165) is 11.3 Å². The predicted octanol–water partition coefficient (Wildman–Crippen LogP) is 2.05. The molecule has 1 rings (SSSR count). The van der Waals surface area contributed by atoms with Gasteiger partial charge in [0.25, 0.3) is 0 Å². The van der Waals surface area contributed by atoms with Gasteiger partial charge in [-0.15, -0.1) is 0 Å². The van der Waals surface area contributed by atoms with Gasteiger partial charge >= 0.3 is 0 Å². The van der Waals surface area contributed by atoms with Crippen molar-refractivity contribution >= 4 is 0 Å². The van der Waals surface area contributed by atoms with Gasteiger partial charge in [0.05, 0.1) is 12.2 Å². The second-order valence-corrected chi connectivity index (χ2v) is 2.33. The number of aromatic nitrogens is 1. The molecule has 0 aliphatic heterocycles. The molecule has 0 amide bonds. The van der Waals surface area contributed by atoms with Crippen LogP contribution in [-0.2, 0) is 0 Å². The highest BCUT2D eigenvalue weighted by atomic mass is 15.1. The van der Waals surface area contributed by atoms with Gasteiger partial charge in [-0.25, -0.2) is 0 Å². The molecule has 0 aromatic carbocycles. The maximum atomic E-state index is 8.00. The van der Waals surface area contributed by atoms with E-state index in [1.807, 2.05) is 19.1 Å². The van der Waals surface area contributed by atoms with E-state index in [9.17, 15) is 0 Å². The van der Waals surface area contributed by atoms with Gasteiger partial charge in [-0.2, -0.15) is 0 Å². The topological polar surface area (TPSA) is 61.7 Å². The molecule has 4 heteroatoms. The highest BCUT2D eigenvalue weighted by Gasteiger charge is 1.90. The number of azide groups is 1. The van der Waals surface area contributed by atoms with Crippen LogP contribution in [0, 0.1) is 18.8 Å². The third-order valence-corrected chi connectivity index (χ3v) is 1.44. The minimum atomic E-state index is 0.199. The zero-order valence-electron chi connectivity index (χ0n) is 7.23. The van der Waals surface area contributed by atoms with E-state index in [0.29, 0.717) is 0 Å². The first-order valence-corrected chi connectivity index (χ1v) is 3.76. The van der Waals surface area contributed by atoms with Crippen LogP contribution in [0.1, 0.15) is 11.3 Å². The van der Waals surface area contributed by atoms with E-state index in [2.05, 4.69) is 26.9 Å². The van der Waals surface area contributed by atoms with Crippen LogP contribution in [-0.4, -0.2) is 11.5 Å². The maximum absolute atomic E-state index is 8.00. The Hall–Kier alpha value is -1.98. The van der Waals surface area contributed by atoms with Crippen LogP contribution < -0.4 is 0 Å². The molecule has 0 saturated heterocycles. The van der Waals surface area contributed by atoms with Gasteiger partial charge < -0.3 is 0 Å². The number of pyridine rings is 1. The molecule has 0 aliphatic rings. The van der Waals surface area contributed by atoms with Gasteiger partial charge in [0, 0.05) is 16.7 Å². The Morgan fingerprint density at radius 3 is 3.23 bits per heavy atom. The first-order chi connectivity index (χ1) is 6.34. The van der Waals surface area contributed by atoms with Crippen molar-refractivity contribution in [1.82, 2.24) is 4.98 Å². The summed E-state index contributed by atoms with van der Waals surface area (Å²) < 4.78 is 0. The molecule has 0 atom stereocenters. The molecule has 0 spiro atoms. The summed E-state index contributed by atoms with van der Waals surface area (Å²) in [6, 6.07) is 3.70. The van der Waals surface area contributed by atoms with Crippen LogP contribution in [0.4, 0.5) is 0 Å². The number of aryl methyl sites for hydroxylation is 1.